The van der Waals surface area contributed by atoms with E-state index < -0.39 is 0 Å². The van der Waals surface area contributed by atoms with Gasteiger partial charge in [-0.25, -0.2) is 4.98 Å². The number of aromatic nitrogens is 1. The van der Waals surface area contributed by atoms with Crippen molar-refractivity contribution in [3.63, 3.8) is 0 Å². The van der Waals surface area contributed by atoms with Crippen LogP contribution in [0, 0.1) is 0 Å². The molecular formula is C25H24N2O2. The zero-order valence-electron chi connectivity index (χ0n) is 16.7. The van der Waals surface area contributed by atoms with Gasteiger partial charge < -0.3 is 9.73 Å². The summed E-state index contributed by atoms with van der Waals surface area (Å²) in [5.74, 6) is 1.74. The number of hydrogen-bond acceptors (Lipinski definition) is 3. The normalized spacial score (nSPS) is 11.1. The highest BCUT2D eigenvalue weighted by Gasteiger charge is 2.11. The second-order valence-electron chi connectivity index (χ2n) is 7.47. The zero-order valence-corrected chi connectivity index (χ0v) is 16.7. The molecule has 0 unspecified atom stereocenters. The van der Waals surface area contributed by atoms with Crippen LogP contribution in [0.1, 0.15) is 37.6 Å². The van der Waals surface area contributed by atoms with Crippen LogP contribution >= 0.6 is 0 Å². The Balaban J connectivity index is 1.38. The summed E-state index contributed by atoms with van der Waals surface area (Å²) in [7, 11) is 0. The average Bonchev–Trinajstić information content (AvgIpc) is 3.22. The van der Waals surface area contributed by atoms with Gasteiger partial charge in [0.2, 0.25) is 5.91 Å². The topological polar surface area (TPSA) is 55.1 Å². The van der Waals surface area contributed by atoms with Crippen LogP contribution in [0.3, 0.4) is 0 Å². The summed E-state index contributed by atoms with van der Waals surface area (Å²) < 4.78 is 5.85. The first-order chi connectivity index (χ1) is 14.1. The Kier molecular flexibility index (Phi) is 5.43. The number of oxazole rings is 1. The fourth-order valence-electron chi connectivity index (χ4n) is 3.36. The van der Waals surface area contributed by atoms with Crippen molar-refractivity contribution in [2.75, 3.05) is 5.32 Å². The van der Waals surface area contributed by atoms with Gasteiger partial charge in [-0.05, 0) is 22.9 Å². The summed E-state index contributed by atoms with van der Waals surface area (Å²) in [5.41, 5.74) is 3.11. The standard InChI is InChI=1S/C25H24N2O2/c1-17(2)18-10-12-20(13-11-18)23-16-26-25(29-23)15-14-24(28)27-22-9-5-7-19-6-3-4-8-21(19)22/h3-13,16-17H,14-15H2,1-2H3,(H,27,28). The number of hydrogen-bond donors (Lipinski definition) is 1. The van der Waals surface area contributed by atoms with Gasteiger partial charge in [0, 0.05) is 29.5 Å². The Morgan fingerprint density at radius 1 is 1.00 bits per heavy atom. The quantitative estimate of drug-likeness (QED) is 0.431. The minimum absolute atomic E-state index is 0.0533. The van der Waals surface area contributed by atoms with E-state index in [1.807, 2.05) is 54.6 Å². The van der Waals surface area contributed by atoms with Gasteiger partial charge in [-0.3, -0.25) is 4.79 Å². The first kappa shape index (κ1) is 18.9. The molecule has 4 heteroatoms. The van der Waals surface area contributed by atoms with E-state index in [2.05, 4.69) is 36.3 Å². The molecule has 0 radical (unpaired) electrons. The minimum atomic E-state index is -0.0533. The van der Waals surface area contributed by atoms with Crippen LogP contribution in [0.4, 0.5) is 5.69 Å². The number of carbonyl (C=O) groups is 1. The van der Waals surface area contributed by atoms with Crippen molar-refractivity contribution in [1.82, 2.24) is 4.98 Å². The fraction of sp³-hybridized carbons (Fsp3) is 0.200. The van der Waals surface area contributed by atoms with Gasteiger partial charge in [0.05, 0.1) is 6.20 Å². The average molecular weight is 384 g/mol. The molecule has 1 N–H and O–H groups in total. The number of anilines is 1. The highest BCUT2D eigenvalue weighted by atomic mass is 16.4. The molecule has 0 aliphatic heterocycles. The maximum atomic E-state index is 12.4. The molecule has 4 aromatic rings. The molecule has 0 saturated heterocycles. The summed E-state index contributed by atoms with van der Waals surface area (Å²) in [5, 5.41) is 5.14. The Hall–Kier alpha value is -3.40. The van der Waals surface area contributed by atoms with E-state index in [1.54, 1.807) is 6.20 Å². The van der Waals surface area contributed by atoms with Gasteiger partial charge in [0.15, 0.2) is 11.7 Å². The van der Waals surface area contributed by atoms with Crippen LogP contribution in [-0.4, -0.2) is 10.9 Å². The van der Waals surface area contributed by atoms with E-state index in [0.29, 0.717) is 24.7 Å². The number of carbonyl (C=O) groups excluding carboxylic acids is 1. The van der Waals surface area contributed by atoms with Crippen molar-refractivity contribution >= 4 is 22.4 Å². The molecule has 4 rings (SSSR count). The van der Waals surface area contributed by atoms with Crippen molar-refractivity contribution in [2.45, 2.75) is 32.6 Å². The summed E-state index contributed by atoms with van der Waals surface area (Å²) in [6, 6.07) is 22.2. The van der Waals surface area contributed by atoms with Crippen LogP contribution < -0.4 is 5.32 Å². The maximum Gasteiger partial charge on any atom is 0.224 e. The molecule has 3 aromatic carbocycles. The third-order valence-corrected chi connectivity index (χ3v) is 5.05. The highest BCUT2D eigenvalue weighted by Crippen LogP contribution is 2.25. The van der Waals surface area contributed by atoms with Crippen molar-refractivity contribution in [1.29, 1.82) is 0 Å². The van der Waals surface area contributed by atoms with Crippen molar-refractivity contribution in [3.8, 4) is 11.3 Å². The van der Waals surface area contributed by atoms with Gasteiger partial charge in [-0.1, -0.05) is 74.5 Å². The molecule has 0 fully saturated rings. The number of amides is 1. The number of benzene rings is 3. The smallest absolute Gasteiger partial charge is 0.224 e. The molecule has 0 saturated carbocycles. The fourth-order valence-corrected chi connectivity index (χ4v) is 3.36. The van der Waals surface area contributed by atoms with E-state index in [4.69, 9.17) is 4.42 Å². The lowest BCUT2D eigenvalue weighted by molar-refractivity contribution is -0.116. The molecule has 0 spiro atoms. The minimum Gasteiger partial charge on any atom is -0.441 e. The molecule has 1 aromatic heterocycles. The van der Waals surface area contributed by atoms with Gasteiger partial charge in [-0.2, -0.15) is 0 Å². The molecule has 146 valence electrons. The molecule has 4 nitrogen and oxygen atoms in total. The number of nitrogens with one attached hydrogen (secondary N) is 1. The van der Waals surface area contributed by atoms with Crippen LogP contribution in [0.2, 0.25) is 0 Å². The zero-order chi connectivity index (χ0) is 20.2. The predicted molar refractivity (Wildman–Crippen MR) is 117 cm³/mol. The predicted octanol–water partition coefficient (Wildman–Crippen LogP) is 6.19. The summed E-state index contributed by atoms with van der Waals surface area (Å²) in [6.07, 6.45) is 2.50. The van der Waals surface area contributed by atoms with Gasteiger partial charge >= 0.3 is 0 Å². The Labute approximate surface area is 170 Å². The number of aryl methyl sites for hydroxylation is 1. The van der Waals surface area contributed by atoms with Gasteiger partial charge in [0.25, 0.3) is 0 Å². The molecule has 29 heavy (non-hydrogen) atoms. The van der Waals surface area contributed by atoms with E-state index in [0.717, 1.165) is 27.8 Å². The van der Waals surface area contributed by atoms with E-state index >= 15 is 0 Å². The molecule has 0 aliphatic carbocycles. The maximum absolute atomic E-state index is 12.4. The van der Waals surface area contributed by atoms with Crippen LogP contribution in [-0.2, 0) is 11.2 Å². The molecule has 0 atom stereocenters. The first-order valence-electron chi connectivity index (χ1n) is 9.93. The van der Waals surface area contributed by atoms with E-state index in [-0.39, 0.29) is 5.91 Å². The molecule has 0 aliphatic rings. The van der Waals surface area contributed by atoms with Gasteiger partial charge in [-0.15, -0.1) is 0 Å². The van der Waals surface area contributed by atoms with Crippen LogP contribution in [0.25, 0.3) is 22.1 Å². The SMILES string of the molecule is CC(C)c1ccc(-c2cnc(CCC(=O)Nc3cccc4ccccc34)o2)cc1. The lowest BCUT2D eigenvalue weighted by atomic mass is 10.0. The first-order valence-corrected chi connectivity index (χ1v) is 9.93. The summed E-state index contributed by atoms with van der Waals surface area (Å²) >= 11 is 0. The molecule has 1 amide bonds. The summed E-state index contributed by atoms with van der Waals surface area (Å²) in [6.45, 7) is 4.34. The molecule has 1 heterocycles. The van der Waals surface area contributed by atoms with E-state index in [9.17, 15) is 4.79 Å². The van der Waals surface area contributed by atoms with Crippen LogP contribution in [0.15, 0.2) is 77.3 Å². The van der Waals surface area contributed by atoms with Crippen molar-refractivity contribution in [2.24, 2.45) is 0 Å². The summed E-state index contributed by atoms with van der Waals surface area (Å²) in [4.78, 5) is 16.8. The Morgan fingerprint density at radius 3 is 2.55 bits per heavy atom. The van der Waals surface area contributed by atoms with Crippen molar-refractivity contribution < 1.29 is 9.21 Å². The van der Waals surface area contributed by atoms with Crippen molar-refractivity contribution in [3.05, 3.63) is 84.4 Å². The second kappa shape index (κ2) is 8.31. The third kappa shape index (κ3) is 4.37. The lowest BCUT2D eigenvalue weighted by Crippen LogP contribution is -2.12. The largest absolute Gasteiger partial charge is 0.441 e. The number of fused-ring (bicyclic) bond motifs is 1. The monoisotopic (exact) mass is 384 g/mol. The molecule has 0 bridgehead atoms. The highest BCUT2D eigenvalue weighted by molar-refractivity contribution is 6.02. The van der Waals surface area contributed by atoms with Crippen LogP contribution in [0.5, 0.6) is 0 Å². The third-order valence-electron chi connectivity index (χ3n) is 5.05. The number of rotatable bonds is 6. The Bertz CT molecular complexity index is 1120. The molecular weight excluding hydrogens is 360 g/mol. The lowest BCUT2D eigenvalue weighted by Gasteiger charge is -2.08. The van der Waals surface area contributed by atoms with E-state index in [1.165, 1.54) is 5.56 Å². The second-order valence-corrected chi connectivity index (χ2v) is 7.47. The van der Waals surface area contributed by atoms with Gasteiger partial charge in [0.1, 0.15) is 0 Å². The Morgan fingerprint density at radius 2 is 1.76 bits per heavy atom. The number of nitrogens with zero attached hydrogens (tertiary/aromatic N) is 1.